The normalized spacial score (nSPS) is 11.6. The Bertz CT molecular complexity index is 982. The van der Waals surface area contributed by atoms with Gasteiger partial charge in [-0.05, 0) is 18.2 Å². The lowest BCUT2D eigenvalue weighted by molar-refractivity contribution is -0.0494. The number of alkyl halides is 2. The van der Waals surface area contributed by atoms with E-state index in [2.05, 4.69) is 9.72 Å². The largest absolute Gasteiger partial charge is 0.457 e. The van der Waals surface area contributed by atoms with Crippen LogP contribution in [-0.2, 0) is 6.42 Å². The van der Waals surface area contributed by atoms with E-state index in [4.69, 9.17) is 27.6 Å². The number of fused-ring (bicyclic) bond motifs is 1. The molecule has 0 N–H and O–H groups in total. The molecule has 0 aliphatic heterocycles. The van der Waals surface area contributed by atoms with Crippen LogP contribution >= 0.6 is 23.2 Å². The molecule has 27 heavy (non-hydrogen) atoms. The van der Waals surface area contributed by atoms with Gasteiger partial charge in [0.15, 0.2) is 17.1 Å². The van der Waals surface area contributed by atoms with Crippen LogP contribution < -0.4 is 4.74 Å². The van der Waals surface area contributed by atoms with Crippen LogP contribution in [0, 0.1) is 0 Å². The number of carbonyl (C=O) groups is 1. The van der Waals surface area contributed by atoms with E-state index in [0.29, 0.717) is 22.3 Å². The molecule has 0 aliphatic carbocycles. The lowest BCUT2D eigenvalue weighted by Gasteiger charge is -2.09. The van der Waals surface area contributed by atoms with Crippen LogP contribution in [0.25, 0.3) is 11.0 Å². The number of benzene rings is 1. The maximum atomic E-state index is 12.9. The Hall–Kier alpha value is -2.18. The first kappa shape index (κ1) is 19.6. The van der Waals surface area contributed by atoms with Crippen molar-refractivity contribution in [2.24, 2.45) is 0 Å². The van der Waals surface area contributed by atoms with Crippen molar-refractivity contribution < 1.29 is 22.7 Å². The van der Waals surface area contributed by atoms with E-state index < -0.39 is 6.61 Å². The van der Waals surface area contributed by atoms with Gasteiger partial charge >= 0.3 is 6.61 Å². The SMILES string of the molecule is CC(C)c1cc2c(C(=O)Cc3c(Cl)cncc3Cl)ccc(OC(F)F)c2o1. The standard InChI is InChI=1S/C19H15Cl2F2NO3/c1-9(2)17-6-11-10(3-4-16(18(11)26-17)27-19(22)23)15(25)5-12-13(20)7-24-8-14(12)21/h3-4,6-9,19H,5H2,1-2H3. The highest BCUT2D eigenvalue weighted by Crippen LogP contribution is 2.36. The van der Waals surface area contributed by atoms with Gasteiger partial charge in [0.05, 0.1) is 10.0 Å². The number of pyridine rings is 1. The molecule has 0 spiro atoms. The minimum atomic E-state index is -3.00. The monoisotopic (exact) mass is 413 g/mol. The van der Waals surface area contributed by atoms with Crippen molar-refractivity contribution in [2.75, 3.05) is 0 Å². The molecule has 142 valence electrons. The number of hydrogen-bond donors (Lipinski definition) is 0. The third kappa shape index (κ3) is 4.06. The lowest BCUT2D eigenvalue weighted by atomic mass is 9.99. The second kappa shape index (κ2) is 7.82. The fourth-order valence-corrected chi connectivity index (χ4v) is 3.20. The van der Waals surface area contributed by atoms with E-state index in [1.807, 2.05) is 13.8 Å². The van der Waals surface area contributed by atoms with Crippen LogP contribution in [0.2, 0.25) is 10.0 Å². The molecule has 4 nitrogen and oxygen atoms in total. The average Bonchev–Trinajstić information content (AvgIpc) is 3.04. The van der Waals surface area contributed by atoms with Crippen molar-refractivity contribution in [1.82, 2.24) is 4.98 Å². The Morgan fingerprint density at radius 2 is 1.89 bits per heavy atom. The van der Waals surface area contributed by atoms with Crippen LogP contribution in [-0.4, -0.2) is 17.4 Å². The van der Waals surface area contributed by atoms with Crippen molar-refractivity contribution >= 4 is 40.0 Å². The molecule has 0 aliphatic rings. The van der Waals surface area contributed by atoms with E-state index >= 15 is 0 Å². The van der Waals surface area contributed by atoms with Gasteiger partial charge in [-0.1, -0.05) is 37.0 Å². The van der Waals surface area contributed by atoms with E-state index in [1.165, 1.54) is 24.5 Å². The first-order valence-electron chi connectivity index (χ1n) is 8.10. The Balaban J connectivity index is 2.07. The molecule has 8 heteroatoms. The van der Waals surface area contributed by atoms with E-state index in [0.717, 1.165) is 0 Å². The number of ketones is 1. The fourth-order valence-electron chi connectivity index (χ4n) is 2.70. The van der Waals surface area contributed by atoms with Gasteiger partial charge in [0.2, 0.25) is 0 Å². The molecule has 0 saturated carbocycles. The lowest BCUT2D eigenvalue weighted by Crippen LogP contribution is -2.07. The van der Waals surface area contributed by atoms with Gasteiger partial charge in [-0.15, -0.1) is 0 Å². The van der Waals surface area contributed by atoms with Crippen LogP contribution in [0.5, 0.6) is 5.75 Å². The highest BCUT2D eigenvalue weighted by molar-refractivity contribution is 6.36. The van der Waals surface area contributed by atoms with Crippen LogP contribution in [0.3, 0.4) is 0 Å². The van der Waals surface area contributed by atoms with Gasteiger partial charge in [0, 0.05) is 41.2 Å². The topological polar surface area (TPSA) is 52.3 Å². The Kier molecular flexibility index (Phi) is 5.67. The number of furan rings is 1. The van der Waals surface area contributed by atoms with Crippen molar-refractivity contribution in [2.45, 2.75) is 32.8 Å². The summed E-state index contributed by atoms with van der Waals surface area (Å²) in [5.74, 6) is 0.159. The summed E-state index contributed by atoms with van der Waals surface area (Å²) in [6, 6.07) is 4.40. The summed E-state index contributed by atoms with van der Waals surface area (Å²) in [6.07, 6.45) is 2.74. The maximum absolute atomic E-state index is 12.9. The number of carbonyl (C=O) groups excluding carboxylic acids is 1. The molecule has 2 aromatic heterocycles. The van der Waals surface area contributed by atoms with Gasteiger partial charge in [-0.3, -0.25) is 9.78 Å². The van der Waals surface area contributed by atoms with Gasteiger partial charge in [-0.2, -0.15) is 8.78 Å². The maximum Gasteiger partial charge on any atom is 0.387 e. The fraction of sp³-hybridized carbons (Fsp3) is 0.263. The van der Waals surface area contributed by atoms with Crippen LogP contribution in [0.1, 0.15) is 41.4 Å². The quantitative estimate of drug-likeness (QED) is 0.445. The smallest absolute Gasteiger partial charge is 0.387 e. The molecule has 0 amide bonds. The molecule has 2 heterocycles. The zero-order valence-electron chi connectivity index (χ0n) is 14.4. The molecular formula is C19H15Cl2F2NO3. The molecule has 0 atom stereocenters. The number of aromatic nitrogens is 1. The second-order valence-corrected chi connectivity index (χ2v) is 7.03. The van der Waals surface area contributed by atoms with Gasteiger partial charge in [-0.25, -0.2) is 0 Å². The van der Waals surface area contributed by atoms with Crippen molar-refractivity contribution in [3.05, 3.63) is 57.5 Å². The van der Waals surface area contributed by atoms with Gasteiger partial charge in [0.25, 0.3) is 0 Å². The molecule has 0 radical (unpaired) electrons. The van der Waals surface area contributed by atoms with Gasteiger partial charge < -0.3 is 9.15 Å². The minimum Gasteiger partial charge on any atom is -0.457 e. The Morgan fingerprint density at radius 3 is 2.48 bits per heavy atom. The van der Waals surface area contributed by atoms with Crippen LogP contribution in [0.4, 0.5) is 8.78 Å². The van der Waals surface area contributed by atoms with E-state index in [9.17, 15) is 13.6 Å². The Labute approximate surface area is 164 Å². The third-order valence-electron chi connectivity index (χ3n) is 4.04. The molecule has 1 aromatic carbocycles. The Morgan fingerprint density at radius 1 is 1.22 bits per heavy atom. The average molecular weight is 414 g/mol. The molecule has 0 bridgehead atoms. The van der Waals surface area contributed by atoms with Crippen molar-refractivity contribution in [3.8, 4) is 5.75 Å². The molecule has 3 aromatic rings. The molecule has 0 saturated heterocycles. The highest BCUT2D eigenvalue weighted by atomic mass is 35.5. The number of ether oxygens (including phenoxy) is 1. The van der Waals surface area contributed by atoms with Crippen molar-refractivity contribution in [3.63, 3.8) is 0 Å². The van der Waals surface area contributed by atoms with Crippen LogP contribution in [0.15, 0.2) is 35.0 Å². The second-order valence-electron chi connectivity index (χ2n) is 6.22. The first-order chi connectivity index (χ1) is 12.8. The summed E-state index contributed by atoms with van der Waals surface area (Å²) in [5, 5.41) is 0.961. The van der Waals surface area contributed by atoms with E-state index in [1.54, 1.807) is 6.07 Å². The molecular weight excluding hydrogens is 399 g/mol. The highest BCUT2D eigenvalue weighted by Gasteiger charge is 2.22. The number of hydrogen-bond acceptors (Lipinski definition) is 4. The summed E-state index contributed by atoms with van der Waals surface area (Å²) in [4.78, 5) is 16.7. The summed E-state index contributed by atoms with van der Waals surface area (Å²) in [7, 11) is 0. The number of rotatable bonds is 6. The summed E-state index contributed by atoms with van der Waals surface area (Å²) in [6.45, 7) is 0.781. The molecule has 0 fully saturated rings. The number of halogens is 4. The number of nitrogens with zero attached hydrogens (tertiary/aromatic N) is 1. The third-order valence-corrected chi connectivity index (χ3v) is 4.69. The summed E-state index contributed by atoms with van der Waals surface area (Å²) < 4.78 is 35.6. The minimum absolute atomic E-state index is 0.00355. The van der Waals surface area contributed by atoms with E-state index in [-0.39, 0.29) is 39.5 Å². The first-order valence-corrected chi connectivity index (χ1v) is 8.85. The predicted molar refractivity (Wildman–Crippen MR) is 99.2 cm³/mol. The molecule has 0 unspecified atom stereocenters. The number of Topliss-reactive ketones (excluding diaryl/α,β-unsaturated/α-hetero) is 1. The molecule has 3 rings (SSSR count). The zero-order chi connectivity index (χ0) is 19.7. The zero-order valence-corrected chi connectivity index (χ0v) is 15.9. The predicted octanol–water partition coefficient (Wildman–Crippen LogP) is 6.28. The summed E-state index contributed by atoms with van der Waals surface area (Å²) in [5.41, 5.74) is 0.870. The van der Waals surface area contributed by atoms with Crippen molar-refractivity contribution in [1.29, 1.82) is 0 Å². The van der Waals surface area contributed by atoms with Gasteiger partial charge in [0.1, 0.15) is 5.76 Å². The summed E-state index contributed by atoms with van der Waals surface area (Å²) >= 11 is 12.2.